The minimum absolute atomic E-state index is 0.130. The zero-order chi connectivity index (χ0) is 21.5. The van der Waals surface area contributed by atoms with Crippen LogP contribution in [-0.4, -0.2) is 39.4 Å². The van der Waals surface area contributed by atoms with Gasteiger partial charge in [0.25, 0.3) is 5.95 Å². The number of aromatic nitrogens is 3. The van der Waals surface area contributed by atoms with Crippen molar-refractivity contribution in [1.82, 2.24) is 14.9 Å². The van der Waals surface area contributed by atoms with E-state index in [4.69, 9.17) is 10.6 Å². The molecular formula is C19H20BrN7O2S. The van der Waals surface area contributed by atoms with Gasteiger partial charge in [0.2, 0.25) is 11.1 Å². The first-order valence-corrected chi connectivity index (χ1v) is 10.6. The number of hydrazone groups is 1. The summed E-state index contributed by atoms with van der Waals surface area (Å²) < 4.78 is 7.21. The van der Waals surface area contributed by atoms with Crippen LogP contribution in [0, 0.1) is 0 Å². The number of rotatable bonds is 8. The molecule has 11 heteroatoms. The molecule has 0 atom stereocenters. The van der Waals surface area contributed by atoms with Crippen LogP contribution in [0.5, 0.6) is 5.75 Å². The lowest BCUT2D eigenvalue weighted by Gasteiger charge is -2.07. The van der Waals surface area contributed by atoms with Crippen molar-refractivity contribution < 1.29 is 9.53 Å². The van der Waals surface area contributed by atoms with Crippen molar-refractivity contribution in [2.24, 2.45) is 5.10 Å². The summed E-state index contributed by atoms with van der Waals surface area (Å²) in [7, 11) is 1.62. The number of nitrogens with zero attached hydrogens (tertiary/aromatic N) is 4. The van der Waals surface area contributed by atoms with Crippen molar-refractivity contribution >= 4 is 50.9 Å². The van der Waals surface area contributed by atoms with Crippen molar-refractivity contribution in [1.29, 1.82) is 0 Å². The van der Waals surface area contributed by atoms with E-state index in [1.165, 1.54) is 16.4 Å². The molecule has 2 aromatic carbocycles. The number of halogens is 1. The summed E-state index contributed by atoms with van der Waals surface area (Å²) in [5, 5.41) is 15.5. The van der Waals surface area contributed by atoms with Crippen molar-refractivity contribution in [2.45, 2.75) is 12.1 Å². The van der Waals surface area contributed by atoms with Crippen molar-refractivity contribution in [3.8, 4) is 5.75 Å². The second kappa shape index (κ2) is 10.1. The molecule has 0 radical (unpaired) electrons. The van der Waals surface area contributed by atoms with E-state index < -0.39 is 0 Å². The van der Waals surface area contributed by atoms with Crippen LogP contribution >= 0.6 is 27.7 Å². The molecule has 1 aromatic heterocycles. The first-order chi connectivity index (χ1) is 14.5. The zero-order valence-corrected chi connectivity index (χ0v) is 18.7. The molecule has 30 heavy (non-hydrogen) atoms. The van der Waals surface area contributed by atoms with E-state index in [2.05, 4.69) is 42.0 Å². The number of nitrogens with two attached hydrogens (primary N) is 1. The second-order valence-corrected chi connectivity index (χ2v) is 7.83. The Kier molecular flexibility index (Phi) is 7.31. The molecular weight excluding hydrogens is 470 g/mol. The van der Waals surface area contributed by atoms with E-state index in [0.717, 1.165) is 21.5 Å². The third kappa shape index (κ3) is 5.51. The van der Waals surface area contributed by atoms with E-state index >= 15 is 0 Å². The number of hydrogen-bond acceptors (Lipinski definition) is 8. The average Bonchev–Trinajstić information content (AvgIpc) is 3.11. The van der Waals surface area contributed by atoms with Crippen molar-refractivity contribution in [3.63, 3.8) is 0 Å². The Hall–Kier alpha value is -3.05. The third-order valence-electron chi connectivity index (χ3n) is 3.98. The highest BCUT2D eigenvalue weighted by molar-refractivity contribution is 9.10. The summed E-state index contributed by atoms with van der Waals surface area (Å²) >= 11 is 4.56. The monoisotopic (exact) mass is 489 g/mol. The first kappa shape index (κ1) is 21.7. The van der Waals surface area contributed by atoms with Gasteiger partial charge in [0.1, 0.15) is 5.75 Å². The highest BCUT2D eigenvalue weighted by atomic mass is 79.9. The number of hydrogen-bond donors (Lipinski definition) is 3. The molecule has 1 heterocycles. The molecule has 0 fully saturated rings. The number of methoxy groups -OCH3 is 1. The molecule has 0 aliphatic carbocycles. The van der Waals surface area contributed by atoms with E-state index in [1.807, 2.05) is 55.5 Å². The molecule has 156 valence electrons. The van der Waals surface area contributed by atoms with Gasteiger partial charge in [0, 0.05) is 4.47 Å². The van der Waals surface area contributed by atoms with E-state index in [1.54, 1.807) is 7.11 Å². The second-order valence-electron chi connectivity index (χ2n) is 6.03. The molecule has 3 rings (SSSR count). The van der Waals surface area contributed by atoms with Gasteiger partial charge >= 0.3 is 0 Å². The Morgan fingerprint density at radius 2 is 1.97 bits per heavy atom. The lowest BCUT2D eigenvalue weighted by Crippen LogP contribution is -2.17. The molecule has 1 amide bonds. The normalized spacial score (nSPS) is 11.2. The number of nitrogen functional groups attached to an aromatic ring is 1. The predicted molar refractivity (Wildman–Crippen MR) is 122 cm³/mol. The van der Waals surface area contributed by atoms with Crippen LogP contribution in [0.25, 0.3) is 0 Å². The van der Waals surface area contributed by atoms with E-state index in [9.17, 15) is 4.79 Å². The number of nitrogens with one attached hydrogen (secondary N) is 2. The molecule has 0 saturated carbocycles. The predicted octanol–water partition coefficient (Wildman–Crippen LogP) is 3.33. The van der Waals surface area contributed by atoms with Gasteiger partial charge in [-0.05, 0) is 64.8 Å². The molecule has 0 spiro atoms. The number of para-hydroxylation sites is 1. The van der Waals surface area contributed by atoms with Crippen LogP contribution in [-0.2, 0) is 4.79 Å². The Balaban J connectivity index is 1.57. The molecule has 0 unspecified atom stereocenters. The van der Waals surface area contributed by atoms with Gasteiger partial charge in [-0.25, -0.2) is 10.1 Å². The first-order valence-electron chi connectivity index (χ1n) is 8.80. The topological polar surface area (TPSA) is 119 Å². The van der Waals surface area contributed by atoms with Gasteiger partial charge in [-0.15, -0.1) is 10.2 Å². The van der Waals surface area contributed by atoms with Crippen LogP contribution < -0.4 is 21.3 Å². The maximum absolute atomic E-state index is 12.2. The Bertz CT molecular complexity index is 1050. The highest BCUT2D eigenvalue weighted by Crippen LogP contribution is 2.22. The molecule has 0 saturated heterocycles. The van der Waals surface area contributed by atoms with Gasteiger partial charge < -0.3 is 15.9 Å². The number of amides is 1. The van der Waals surface area contributed by atoms with Gasteiger partial charge in [-0.3, -0.25) is 4.79 Å². The highest BCUT2D eigenvalue weighted by Gasteiger charge is 2.13. The van der Waals surface area contributed by atoms with Gasteiger partial charge in [-0.2, -0.15) is 5.10 Å². The zero-order valence-electron chi connectivity index (χ0n) is 16.3. The summed E-state index contributed by atoms with van der Waals surface area (Å²) in [6.07, 6.45) is 0. The fourth-order valence-corrected chi connectivity index (χ4v) is 3.40. The quantitative estimate of drug-likeness (QED) is 0.192. The van der Waals surface area contributed by atoms with E-state index in [0.29, 0.717) is 10.8 Å². The smallest absolute Gasteiger partial charge is 0.264 e. The Morgan fingerprint density at radius 1 is 1.23 bits per heavy atom. The van der Waals surface area contributed by atoms with Crippen LogP contribution in [0.2, 0.25) is 0 Å². The summed E-state index contributed by atoms with van der Waals surface area (Å²) in [6.45, 7) is 1.85. The van der Waals surface area contributed by atoms with Crippen molar-refractivity contribution in [2.75, 3.05) is 29.4 Å². The largest absolute Gasteiger partial charge is 0.497 e. The van der Waals surface area contributed by atoms with Gasteiger partial charge in [0.15, 0.2) is 0 Å². The molecule has 4 N–H and O–H groups in total. The molecule has 3 aromatic rings. The standard InChI is InChI=1S/C19H20BrN7O2S/c1-12(13-7-9-14(29-2)10-8-13)23-24-18-25-26-19(27(18)21)30-11-17(28)22-16-6-4-3-5-15(16)20/h3-10H,11,21H2,1-2H3,(H,22,28)(H,24,25)/b23-12+. The molecule has 9 nitrogen and oxygen atoms in total. The third-order valence-corrected chi connectivity index (χ3v) is 5.61. The molecule has 0 aliphatic rings. The number of carbonyl (C=O) groups is 1. The maximum atomic E-state index is 12.2. The fraction of sp³-hybridized carbons (Fsp3) is 0.158. The Morgan fingerprint density at radius 3 is 2.67 bits per heavy atom. The summed E-state index contributed by atoms with van der Waals surface area (Å²) in [6, 6.07) is 14.9. The molecule has 0 bridgehead atoms. The van der Waals surface area contributed by atoms with Crippen LogP contribution in [0.15, 0.2) is 63.3 Å². The number of benzene rings is 2. The number of anilines is 2. The van der Waals surface area contributed by atoms with E-state index in [-0.39, 0.29) is 17.6 Å². The Labute approximate surface area is 186 Å². The van der Waals surface area contributed by atoms with Gasteiger partial charge in [-0.1, -0.05) is 23.9 Å². The summed E-state index contributed by atoms with van der Waals surface area (Å²) in [5.74, 6) is 6.99. The lowest BCUT2D eigenvalue weighted by atomic mass is 10.1. The lowest BCUT2D eigenvalue weighted by molar-refractivity contribution is -0.113. The van der Waals surface area contributed by atoms with Crippen molar-refractivity contribution in [3.05, 3.63) is 58.6 Å². The minimum Gasteiger partial charge on any atom is -0.497 e. The van der Waals surface area contributed by atoms with Gasteiger partial charge in [0.05, 0.1) is 24.3 Å². The van der Waals surface area contributed by atoms with Crippen LogP contribution in [0.1, 0.15) is 12.5 Å². The number of thioether (sulfide) groups is 1. The SMILES string of the molecule is COc1ccc(/C(C)=N/Nc2nnc(SCC(=O)Nc3ccccc3Br)n2N)cc1. The molecule has 0 aliphatic heterocycles. The van der Waals surface area contributed by atoms with Crippen LogP contribution in [0.3, 0.4) is 0 Å². The average molecular weight is 490 g/mol. The minimum atomic E-state index is -0.183. The summed E-state index contributed by atoms with van der Waals surface area (Å²) in [5.41, 5.74) is 5.15. The maximum Gasteiger partial charge on any atom is 0.264 e. The summed E-state index contributed by atoms with van der Waals surface area (Å²) in [4.78, 5) is 12.2. The fourth-order valence-electron chi connectivity index (χ4n) is 2.36. The number of ether oxygens (including phenoxy) is 1. The number of carbonyl (C=O) groups excluding carboxylic acids is 1. The van der Waals surface area contributed by atoms with Crippen LogP contribution in [0.4, 0.5) is 11.6 Å².